The van der Waals surface area contributed by atoms with Crippen molar-refractivity contribution in [3.05, 3.63) is 29.3 Å². The third-order valence-electron chi connectivity index (χ3n) is 3.58. The van der Waals surface area contributed by atoms with Gasteiger partial charge < -0.3 is 10.4 Å². The average molecular weight is 334 g/mol. The van der Waals surface area contributed by atoms with Gasteiger partial charge in [-0.2, -0.15) is 0 Å². The number of carbonyl (C=O) groups is 2. The normalized spacial score (nSPS) is 12.2. The van der Waals surface area contributed by atoms with Gasteiger partial charge in [-0.3, -0.25) is 9.59 Å². The zero-order valence-electron chi connectivity index (χ0n) is 13.2. The topological polar surface area (TPSA) is 79.3 Å². The van der Waals surface area contributed by atoms with Crippen LogP contribution in [0.15, 0.2) is 24.3 Å². The lowest BCUT2D eigenvalue weighted by atomic mass is 10.1. The molecule has 124 valence electrons. The van der Waals surface area contributed by atoms with Gasteiger partial charge in [0.1, 0.15) is 0 Å². The molecular formula is C17H22N2O3S. The number of thiazole rings is 1. The summed E-state index contributed by atoms with van der Waals surface area (Å²) in [7, 11) is 0. The van der Waals surface area contributed by atoms with Crippen molar-refractivity contribution < 1.29 is 14.7 Å². The number of para-hydroxylation sites is 1. The number of nitrogens with zero attached hydrogens (tertiary/aromatic N) is 1. The highest BCUT2D eigenvalue weighted by Gasteiger charge is 2.09. The molecule has 2 N–H and O–H groups in total. The second-order valence-electron chi connectivity index (χ2n) is 5.68. The summed E-state index contributed by atoms with van der Waals surface area (Å²) >= 11 is 1.71. The number of nitrogens with one attached hydrogen (secondary N) is 1. The number of carbonyl (C=O) groups excluding carboxylic acids is 1. The monoisotopic (exact) mass is 334 g/mol. The highest BCUT2D eigenvalue weighted by Crippen LogP contribution is 2.22. The molecule has 5 nitrogen and oxygen atoms in total. The van der Waals surface area contributed by atoms with Gasteiger partial charge in [-0.05, 0) is 44.7 Å². The van der Waals surface area contributed by atoms with Gasteiger partial charge in [0.25, 0.3) is 0 Å². The molecule has 1 amide bonds. The van der Waals surface area contributed by atoms with E-state index < -0.39 is 5.97 Å². The first-order chi connectivity index (χ1) is 11.0. The summed E-state index contributed by atoms with van der Waals surface area (Å²) in [5.74, 6) is -0.839. The Balaban J connectivity index is 1.64. The predicted molar refractivity (Wildman–Crippen MR) is 91.6 cm³/mol. The van der Waals surface area contributed by atoms with Crippen molar-refractivity contribution >= 4 is 33.4 Å². The molecule has 0 bridgehead atoms. The van der Waals surface area contributed by atoms with Gasteiger partial charge in [-0.1, -0.05) is 12.1 Å². The third kappa shape index (κ3) is 5.98. The van der Waals surface area contributed by atoms with Gasteiger partial charge in [0.2, 0.25) is 5.91 Å². The molecule has 0 aliphatic rings. The molecular weight excluding hydrogens is 312 g/mol. The number of aryl methyl sites for hydroxylation is 1. The molecule has 2 aromatic rings. The first kappa shape index (κ1) is 17.4. The number of carboxylic acid groups (broad SMARTS) is 1. The number of benzene rings is 1. The number of hydrogen-bond acceptors (Lipinski definition) is 4. The van der Waals surface area contributed by atoms with Crippen LogP contribution in [0, 0.1) is 0 Å². The van der Waals surface area contributed by atoms with E-state index in [0.717, 1.165) is 29.8 Å². The fourth-order valence-electron chi connectivity index (χ4n) is 2.35. The van der Waals surface area contributed by atoms with E-state index in [2.05, 4.69) is 16.4 Å². The number of aliphatic carboxylic acids is 1. The SMILES string of the molecule is CC(CCC(=O)O)NC(=O)CCCCc1nc2ccccc2s1. The fraction of sp³-hybridized carbons (Fsp3) is 0.471. The van der Waals surface area contributed by atoms with Crippen LogP contribution < -0.4 is 5.32 Å². The van der Waals surface area contributed by atoms with Crippen LogP contribution in [0.25, 0.3) is 10.2 Å². The van der Waals surface area contributed by atoms with Gasteiger partial charge in [0.15, 0.2) is 0 Å². The molecule has 0 fully saturated rings. The van der Waals surface area contributed by atoms with Crippen LogP contribution in [-0.2, 0) is 16.0 Å². The minimum absolute atomic E-state index is 0.00723. The second-order valence-corrected chi connectivity index (χ2v) is 6.80. The van der Waals surface area contributed by atoms with Crippen LogP contribution in [0.5, 0.6) is 0 Å². The van der Waals surface area contributed by atoms with E-state index >= 15 is 0 Å². The van der Waals surface area contributed by atoms with Crippen LogP contribution in [0.4, 0.5) is 0 Å². The standard InChI is InChI=1S/C17H22N2O3S/c1-12(10-11-17(21)22)18-15(20)8-4-5-9-16-19-13-6-2-3-7-14(13)23-16/h2-3,6-7,12H,4-5,8-11H2,1H3,(H,18,20)(H,21,22). The maximum Gasteiger partial charge on any atom is 0.303 e. The van der Waals surface area contributed by atoms with Crippen molar-refractivity contribution in [3.8, 4) is 0 Å². The molecule has 0 aliphatic carbocycles. The molecule has 0 spiro atoms. The van der Waals surface area contributed by atoms with Crippen LogP contribution >= 0.6 is 11.3 Å². The fourth-order valence-corrected chi connectivity index (χ4v) is 3.36. The van der Waals surface area contributed by atoms with Crippen molar-refractivity contribution in [3.63, 3.8) is 0 Å². The predicted octanol–water partition coefficient (Wildman–Crippen LogP) is 3.38. The van der Waals surface area contributed by atoms with Gasteiger partial charge >= 0.3 is 5.97 Å². The Bertz CT molecular complexity index is 636. The number of aromatic nitrogens is 1. The lowest BCUT2D eigenvalue weighted by molar-refractivity contribution is -0.137. The minimum atomic E-state index is -0.832. The van der Waals surface area contributed by atoms with E-state index in [1.54, 1.807) is 11.3 Å². The zero-order valence-corrected chi connectivity index (χ0v) is 14.1. The van der Waals surface area contributed by atoms with Crippen molar-refractivity contribution in [2.75, 3.05) is 0 Å². The van der Waals surface area contributed by atoms with E-state index in [9.17, 15) is 9.59 Å². The minimum Gasteiger partial charge on any atom is -0.481 e. The number of hydrogen-bond donors (Lipinski definition) is 2. The summed E-state index contributed by atoms with van der Waals surface area (Å²) in [5, 5.41) is 12.6. The van der Waals surface area contributed by atoms with E-state index in [0.29, 0.717) is 12.8 Å². The number of amides is 1. The summed E-state index contributed by atoms with van der Waals surface area (Å²) in [6, 6.07) is 7.99. The van der Waals surface area contributed by atoms with E-state index in [1.807, 2.05) is 25.1 Å². The first-order valence-electron chi connectivity index (χ1n) is 7.90. The van der Waals surface area contributed by atoms with E-state index in [-0.39, 0.29) is 18.4 Å². The Hall–Kier alpha value is -1.95. The van der Waals surface area contributed by atoms with Gasteiger partial charge in [-0.15, -0.1) is 11.3 Å². The molecule has 1 aromatic carbocycles. The van der Waals surface area contributed by atoms with Crippen molar-refractivity contribution in [1.82, 2.24) is 10.3 Å². The van der Waals surface area contributed by atoms with Crippen LogP contribution in [-0.4, -0.2) is 28.0 Å². The molecule has 1 heterocycles. The van der Waals surface area contributed by atoms with E-state index in [4.69, 9.17) is 5.11 Å². The lowest BCUT2D eigenvalue weighted by Gasteiger charge is -2.12. The number of rotatable bonds is 9. The number of fused-ring (bicyclic) bond motifs is 1. The van der Waals surface area contributed by atoms with E-state index in [1.165, 1.54) is 4.70 Å². The molecule has 0 saturated carbocycles. The molecule has 0 radical (unpaired) electrons. The maximum absolute atomic E-state index is 11.8. The summed E-state index contributed by atoms with van der Waals surface area (Å²) in [5.41, 5.74) is 1.04. The summed E-state index contributed by atoms with van der Waals surface area (Å²) in [4.78, 5) is 26.8. The van der Waals surface area contributed by atoms with Crippen molar-refractivity contribution in [2.24, 2.45) is 0 Å². The van der Waals surface area contributed by atoms with Gasteiger partial charge in [-0.25, -0.2) is 4.98 Å². The largest absolute Gasteiger partial charge is 0.481 e. The molecule has 2 rings (SSSR count). The third-order valence-corrected chi connectivity index (χ3v) is 4.68. The molecule has 23 heavy (non-hydrogen) atoms. The van der Waals surface area contributed by atoms with Gasteiger partial charge in [0.05, 0.1) is 15.2 Å². The molecule has 0 saturated heterocycles. The summed E-state index contributed by atoms with van der Waals surface area (Å²) in [6.07, 6.45) is 3.65. The van der Waals surface area contributed by atoms with Gasteiger partial charge in [0, 0.05) is 18.9 Å². The molecule has 6 heteroatoms. The average Bonchev–Trinajstić information content (AvgIpc) is 2.92. The molecule has 1 unspecified atom stereocenters. The highest BCUT2D eigenvalue weighted by atomic mass is 32.1. The van der Waals surface area contributed by atoms with Crippen molar-refractivity contribution in [1.29, 1.82) is 0 Å². The molecule has 0 aliphatic heterocycles. The summed E-state index contributed by atoms with van der Waals surface area (Å²) < 4.78 is 1.20. The highest BCUT2D eigenvalue weighted by molar-refractivity contribution is 7.18. The Morgan fingerprint density at radius 2 is 2.04 bits per heavy atom. The second kappa shape index (κ2) is 8.62. The summed E-state index contributed by atoms with van der Waals surface area (Å²) in [6.45, 7) is 1.84. The van der Waals surface area contributed by atoms with Crippen LogP contribution in [0.2, 0.25) is 0 Å². The first-order valence-corrected chi connectivity index (χ1v) is 8.72. The lowest BCUT2D eigenvalue weighted by Crippen LogP contribution is -2.32. The Labute approximate surface area is 139 Å². The Morgan fingerprint density at radius 3 is 2.78 bits per heavy atom. The number of unbranched alkanes of at least 4 members (excludes halogenated alkanes) is 1. The molecule has 1 atom stereocenters. The molecule has 1 aromatic heterocycles. The Kier molecular flexibility index (Phi) is 6.52. The Morgan fingerprint density at radius 1 is 1.26 bits per heavy atom. The van der Waals surface area contributed by atoms with Crippen molar-refractivity contribution in [2.45, 2.75) is 51.5 Å². The smallest absolute Gasteiger partial charge is 0.303 e. The quantitative estimate of drug-likeness (QED) is 0.689. The number of carboxylic acids is 1. The zero-order chi connectivity index (χ0) is 16.7. The van der Waals surface area contributed by atoms with Crippen LogP contribution in [0.1, 0.15) is 44.0 Å². The maximum atomic E-state index is 11.8. The van der Waals surface area contributed by atoms with Crippen LogP contribution in [0.3, 0.4) is 0 Å².